The third-order valence-electron chi connectivity index (χ3n) is 4.17. The van der Waals surface area contributed by atoms with Crippen LogP contribution in [0, 0.1) is 6.92 Å². The molecule has 2 aliphatic rings. The number of benzene rings is 2. The van der Waals surface area contributed by atoms with Crippen molar-refractivity contribution in [2.45, 2.75) is 12.6 Å². The van der Waals surface area contributed by atoms with Crippen LogP contribution in [0.25, 0.3) is 0 Å². The topological polar surface area (TPSA) is 29.5 Å². The molecule has 1 unspecified atom stereocenters. The first-order valence-electron chi connectivity index (χ1n) is 7.04. The van der Waals surface area contributed by atoms with Crippen LogP contribution in [0.2, 0.25) is 0 Å². The highest BCUT2D eigenvalue weighted by molar-refractivity contribution is 6.01. The number of fused-ring (bicyclic) bond motifs is 3. The Bertz CT molecular complexity index is 748. The van der Waals surface area contributed by atoms with Crippen LogP contribution in [0.15, 0.2) is 60.8 Å². The van der Waals surface area contributed by atoms with E-state index in [0.29, 0.717) is 12.2 Å². The Balaban J connectivity index is 2.01. The van der Waals surface area contributed by atoms with Gasteiger partial charge in [0, 0.05) is 22.9 Å². The molecule has 3 heteroatoms. The average Bonchev–Trinajstić information content (AvgIpc) is 2.80. The van der Waals surface area contributed by atoms with Gasteiger partial charge in [0.25, 0.3) is 5.91 Å². The lowest BCUT2D eigenvalue weighted by Crippen LogP contribution is -2.45. The Morgan fingerprint density at radius 3 is 2.67 bits per heavy atom. The third kappa shape index (κ3) is 1.55. The molecule has 1 atom stereocenters. The maximum Gasteiger partial charge on any atom is 0.261 e. The standard InChI is InChI=1S/C18H15NO2/c1-13-7-9-14(10-8-13)18-16-6-3-2-5-15(16)17(20)19(18)11-4-12-21-18/h2-11H,12H2,1H3. The molecule has 0 radical (unpaired) electrons. The van der Waals surface area contributed by atoms with Crippen molar-refractivity contribution in [3.63, 3.8) is 0 Å². The Morgan fingerprint density at radius 2 is 1.86 bits per heavy atom. The van der Waals surface area contributed by atoms with Crippen LogP contribution in [0.3, 0.4) is 0 Å². The molecule has 2 aromatic rings. The normalized spacial score (nSPS) is 23.1. The molecule has 2 aliphatic heterocycles. The predicted octanol–water partition coefficient (Wildman–Crippen LogP) is 3.20. The zero-order valence-corrected chi connectivity index (χ0v) is 11.7. The molecule has 21 heavy (non-hydrogen) atoms. The summed E-state index contributed by atoms with van der Waals surface area (Å²) in [7, 11) is 0. The van der Waals surface area contributed by atoms with Crippen molar-refractivity contribution in [3.05, 3.63) is 83.1 Å². The van der Waals surface area contributed by atoms with Crippen LogP contribution < -0.4 is 0 Å². The van der Waals surface area contributed by atoms with Crippen molar-refractivity contribution in [3.8, 4) is 0 Å². The smallest absolute Gasteiger partial charge is 0.261 e. The van der Waals surface area contributed by atoms with Gasteiger partial charge in [0.2, 0.25) is 5.72 Å². The first-order chi connectivity index (χ1) is 10.2. The van der Waals surface area contributed by atoms with Gasteiger partial charge in [-0.2, -0.15) is 0 Å². The van der Waals surface area contributed by atoms with Gasteiger partial charge in [-0.1, -0.05) is 48.0 Å². The molecular weight excluding hydrogens is 262 g/mol. The Morgan fingerprint density at radius 1 is 1.10 bits per heavy atom. The average molecular weight is 277 g/mol. The van der Waals surface area contributed by atoms with E-state index in [2.05, 4.69) is 19.1 Å². The second kappa shape index (κ2) is 4.30. The van der Waals surface area contributed by atoms with E-state index in [1.54, 1.807) is 4.90 Å². The second-order valence-corrected chi connectivity index (χ2v) is 5.43. The van der Waals surface area contributed by atoms with Gasteiger partial charge < -0.3 is 4.74 Å². The molecule has 104 valence electrons. The molecule has 2 heterocycles. The molecule has 0 bridgehead atoms. The number of amides is 1. The van der Waals surface area contributed by atoms with Gasteiger partial charge in [-0.3, -0.25) is 9.69 Å². The minimum atomic E-state index is -0.823. The fraction of sp³-hybridized carbons (Fsp3) is 0.167. The van der Waals surface area contributed by atoms with Gasteiger partial charge in [0.1, 0.15) is 0 Å². The lowest BCUT2D eigenvalue weighted by atomic mass is 9.92. The highest BCUT2D eigenvalue weighted by Crippen LogP contribution is 2.46. The number of hydrogen-bond donors (Lipinski definition) is 0. The van der Waals surface area contributed by atoms with Crippen molar-refractivity contribution >= 4 is 5.91 Å². The van der Waals surface area contributed by atoms with Crippen LogP contribution in [0.1, 0.15) is 27.0 Å². The van der Waals surface area contributed by atoms with Gasteiger partial charge in [0.05, 0.1) is 6.61 Å². The monoisotopic (exact) mass is 277 g/mol. The number of carbonyl (C=O) groups excluding carboxylic acids is 1. The number of hydrogen-bond acceptors (Lipinski definition) is 2. The van der Waals surface area contributed by atoms with E-state index >= 15 is 0 Å². The van der Waals surface area contributed by atoms with Gasteiger partial charge in [-0.25, -0.2) is 0 Å². The summed E-state index contributed by atoms with van der Waals surface area (Å²) in [4.78, 5) is 14.4. The molecule has 0 aliphatic carbocycles. The fourth-order valence-corrected chi connectivity index (χ4v) is 3.16. The van der Waals surface area contributed by atoms with E-state index in [1.165, 1.54) is 5.56 Å². The van der Waals surface area contributed by atoms with E-state index in [1.807, 2.05) is 48.7 Å². The number of carbonyl (C=O) groups is 1. The predicted molar refractivity (Wildman–Crippen MR) is 79.7 cm³/mol. The van der Waals surface area contributed by atoms with Crippen molar-refractivity contribution < 1.29 is 9.53 Å². The quantitative estimate of drug-likeness (QED) is 0.801. The molecule has 0 saturated carbocycles. The van der Waals surface area contributed by atoms with E-state index < -0.39 is 5.72 Å². The van der Waals surface area contributed by atoms with Crippen LogP contribution >= 0.6 is 0 Å². The molecule has 1 amide bonds. The molecule has 0 aromatic heterocycles. The van der Waals surface area contributed by atoms with Crippen LogP contribution in [0.4, 0.5) is 0 Å². The minimum absolute atomic E-state index is 0.0119. The molecule has 0 N–H and O–H groups in total. The summed E-state index contributed by atoms with van der Waals surface area (Å²) in [6, 6.07) is 15.9. The number of nitrogens with zero attached hydrogens (tertiary/aromatic N) is 1. The first kappa shape index (κ1) is 12.4. The van der Waals surface area contributed by atoms with E-state index in [9.17, 15) is 4.79 Å². The minimum Gasteiger partial charge on any atom is -0.343 e. The third-order valence-corrected chi connectivity index (χ3v) is 4.17. The van der Waals surface area contributed by atoms with Crippen LogP contribution in [0.5, 0.6) is 0 Å². The number of ether oxygens (including phenoxy) is 1. The fourth-order valence-electron chi connectivity index (χ4n) is 3.16. The molecule has 4 rings (SSSR count). The van der Waals surface area contributed by atoms with E-state index in [4.69, 9.17) is 4.74 Å². The molecule has 2 aromatic carbocycles. The molecule has 0 fully saturated rings. The summed E-state index contributed by atoms with van der Waals surface area (Å²) in [5, 5.41) is 0. The summed E-state index contributed by atoms with van der Waals surface area (Å²) in [5.74, 6) is -0.0119. The summed E-state index contributed by atoms with van der Waals surface area (Å²) in [6.07, 6.45) is 3.71. The second-order valence-electron chi connectivity index (χ2n) is 5.43. The maximum absolute atomic E-state index is 12.7. The number of aryl methyl sites for hydroxylation is 1. The lowest BCUT2D eigenvalue weighted by Gasteiger charge is -2.39. The van der Waals surface area contributed by atoms with Crippen LogP contribution in [-0.2, 0) is 10.5 Å². The summed E-state index contributed by atoms with van der Waals surface area (Å²) < 4.78 is 6.13. The zero-order valence-electron chi connectivity index (χ0n) is 11.7. The largest absolute Gasteiger partial charge is 0.343 e. The van der Waals surface area contributed by atoms with Crippen molar-refractivity contribution in [1.29, 1.82) is 0 Å². The first-order valence-corrected chi connectivity index (χ1v) is 7.04. The maximum atomic E-state index is 12.7. The Labute approximate surface area is 123 Å². The van der Waals surface area contributed by atoms with Crippen molar-refractivity contribution in [1.82, 2.24) is 4.90 Å². The zero-order chi connectivity index (χ0) is 14.4. The Kier molecular flexibility index (Phi) is 2.53. The SMILES string of the molecule is Cc1ccc(C23OCC=CN2C(=O)c2ccccc23)cc1. The van der Waals surface area contributed by atoms with Gasteiger partial charge in [-0.05, 0) is 19.1 Å². The summed E-state index contributed by atoms with van der Waals surface area (Å²) in [6.45, 7) is 2.54. The van der Waals surface area contributed by atoms with Crippen molar-refractivity contribution in [2.75, 3.05) is 6.61 Å². The Hall–Kier alpha value is -2.39. The van der Waals surface area contributed by atoms with E-state index in [0.717, 1.165) is 11.1 Å². The lowest BCUT2D eigenvalue weighted by molar-refractivity contribution is -0.0890. The van der Waals surface area contributed by atoms with E-state index in [-0.39, 0.29) is 5.91 Å². The van der Waals surface area contributed by atoms with Gasteiger partial charge >= 0.3 is 0 Å². The summed E-state index contributed by atoms with van der Waals surface area (Å²) >= 11 is 0. The number of rotatable bonds is 1. The highest BCUT2D eigenvalue weighted by Gasteiger charge is 2.52. The van der Waals surface area contributed by atoms with Gasteiger partial charge in [0.15, 0.2) is 0 Å². The summed E-state index contributed by atoms with van der Waals surface area (Å²) in [5.41, 5.74) is 2.98. The molecular formula is C18H15NO2. The molecule has 0 saturated heterocycles. The highest BCUT2D eigenvalue weighted by atomic mass is 16.5. The molecule has 3 nitrogen and oxygen atoms in total. The molecule has 0 spiro atoms. The van der Waals surface area contributed by atoms with Gasteiger partial charge in [-0.15, -0.1) is 0 Å². The van der Waals surface area contributed by atoms with Crippen molar-refractivity contribution in [2.24, 2.45) is 0 Å². The van der Waals surface area contributed by atoms with Crippen LogP contribution in [-0.4, -0.2) is 17.4 Å².